The molecule has 2 aromatic heterocycles. The van der Waals surface area contributed by atoms with Crippen LogP contribution >= 0.6 is 0 Å². The molecule has 2 fully saturated rings. The summed E-state index contributed by atoms with van der Waals surface area (Å²) in [5, 5.41) is 3.49. The van der Waals surface area contributed by atoms with Gasteiger partial charge in [0.1, 0.15) is 0 Å². The number of pyridine rings is 1. The van der Waals surface area contributed by atoms with Gasteiger partial charge in [-0.3, -0.25) is 9.78 Å². The Bertz CT molecular complexity index is 748. The summed E-state index contributed by atoms with van der Waals surface area (Å²) in [5.74, 6) is 0.158. The van der Waals surface area contributed by atoms with Crippen LogP contribution in [0.3, 0.4) is 0 Å². The van der Waals surface area contributed by atoms with Crippen molar-refractivity contribution in [2.24, 2.45) is 0 Å². The Balaban J connectivity index is 1.55. The summed E-state index contributed by atoms with van der Waals surface area (Å²) in [4.78, 5) is 19.3. The van der Waals surface area contributed by atoms with Crippen LogP contribution in [0.25, 0.3) is 0 Å². The monoisotopic (exact) mass is 324 g/mol. The quantitative estimate of drug-likeness (QED) is 0.944. The smallest absolute Gasteiger partial charge is 0.255 e. The van der Waals surface area contributed by atoms with Crippen LogP contribution in [-0.4, -0.2) is 40.0 Å². The fourth-order valence-corrected chi connectivity index (χ4v) is 3.80. The van der Waals surface area contributed by atoms with Gasteiger partial charge in [0.25, 0.3) is 5.91 Å². The van der Waals surface area contributed by atoms with Gasteiger partial charge < -0.3 is 14.8 Å². The van der Waals surface area contributed by atoms with Gasteiger partial charge in [0, 0.05) is 49.5 Å². The molecular formula is C19H24N4O. The van der Waals surface area contributed by atoms with E-state index in [1.807, 2.05) is 17.2 Å². The molecule has 126 valence electrons. The lowest BCUT2D eigenvalue weighted by molar-refractivity contribution is 0.0702. The van der Waals surface area contributed by atoms with E-state index in [9.17, 15) is 4.79 Å². The zero-order chi connectivity index (χ0) is 16.7. The van der Waals surface area contributed by atoms with Gasteiger partial charge >= 0.3 is 0 Å². The topological polar surface area (TPSA) is 50.2 Å². The summed E-state index contributed by atoms with van der Waals surface area (Å²) in [5.41, 5.74) is 4.33. The normalized spacial score (nSPS) is 21.1. The Morgan fingerprint density at radius 3 is 2.88 bits per heavy atom. The number of aryl methyl sites for hydroxylation is 1. The molecule has 1 saturated heterocycles. The molecule has 4 rings (SSSR count). The number of piperazine rings is 1. The van der Waals surface area contributed by atoms with E-state index in [-0.39, 0.29) is 11.9 Å². The number of hydrogen-bond donors (Lipinski definition) is 1. The maximum Gasteiger partial charge on any atom is 0.255 e. The van der Waals surface area contributed by atoms with Gasteiger partial charge in [-0.2, -0.15) is 0 Å². The van der Waals surface area contributed by atoms with Crippen molar-refractivity contribution in [1.29, 1.82) is 0 Å². The fraction of sp³-hybridized carbons (Fsp3) is 0.474. The van der Waals surface area contributed by atoms with Crippen molar-refractivity contribution < 1.29 is 4.79 Å². The molecular weight excluding hydrogens is 300 g/mol. The fourth-order valence-electron chi connectivity index (χ4n) is 3.80. The lowest BCUT2D eigenvalue weighted by Gasteiger charge is -2.34. The average molecular weight is 324 g/mol. The first kappa shape index (κ1) is 15.4. The molecule has 1 aliphatic heterocycles. The van der Waals surface area contributed by atoms with Crippen molar-refractivity contribution >= 4 is 5.91 Å². The standard InChI is InChI=1S/C19H24N4O/c1-13-10-17(14(2)23(13)16-5-6-16)19(24)22-9-8-21-18(12-22)15-4-3-7-20-11-15/h3-4,7,10-11,16,18,21H,5-6,8-9,12H2,1-2H3. The molecule has 1 atom stereocenters. The van der Waals surface area contributed by atoms with E-state index < -0.39 is 0 Å². The van der Waals surface area contributed by atoms with Crippen molar-refractivity contribution in [3.63, 3.8) is 0 Å². The highest BCUT2D eigenvalue weighted by Crippen LogP contribution is 2.38. The number of hydrogen-bond acceptors (Lipinski definition) is 3. The SMILES string of the molecule is Cc1cc(C(=O)N2CCNC(c3cccnc3)C2)c(C)n1C1CC1. The predicted molar refractivity (Wildman–Crippen MR) is 93.1 cm³/mol. The third-order valence-corrected chi connectivity index (χ3v) is 5.18. The first-order valence-electron chi connectivity index (χ1n) is 8.76. The van der Waals surface area contributed by atoms with E-state index in [4.69, 9.17) is 0 Å². The molecule has 0 aromatic carbocycles. The second-order valence-electron chi connectivity index (χ2n) is 6.93. The van der Waals surface area contributed by atoms with Gasteiger partial charge in [0.2, 0.25) is 0 Å². The summed E-state index contributed by atoms with van der Waals surface area (Å²) < 4.78 is 2.34. The van der Waals surface area contributed by atoms with Gasteiger partial charge in [-0.25, -0.2) is 0 Å². The highest BCUT2D eigenvalue weighted by Gasteiger charge is 2.31. The van der Waals surface area contributed by atoms with E-state index in [1.165, 1.54) is 18.5 Å². The Morgan fingerprint density at radius 1 is 1.33 bits per heavy atom. The minimum Gasteiger partial charge on any atom is -0.345 e. The minimum atomic E-state index is 0.156. The molecule has 24 heavy (non-hydrogen) atoms. The summed E-state index contributed by atoms with van der Waals surface area (Å²) in [6, 6.07) is 6.84. The third-order valence-electron chi connectivity index (χ3n) is 5.18. The van der Waals surface area contributed by atoms with Gasteiger partial charge in [0.15, 0.2) is 0 Å². The van der Waals surface area contributed by atoms with Crippen LogP contribution in [0.15, 0.2) is 30.6 Å². The van der Waals surface area contributed by atoms with E-state index in [1.54, 1.807) is 6.20 Å². The largest absolute Gasteiger partial charge is 0.345 e. The summed E-state index contributed by atoms with van der Waals surface area (Å²) in [7, 11) is 0. The van der Waals surface area contributed by atoms with Crippen LogP contribution in [0.2, 0.25) is 0 Å². The summed E-state index contributed by atoms with van der Waals surface area (Å²) in [6.45, 7) is 6.45. The number of carbonyl (C=O) groups excluding carboxylic acids is 1. The number of nitrogens with one attached hydrogen (secondary N) is 1. The van der Waals surface area contributed by atoms with Crippen LogP contribution in [0, 0.1) is 13.8 Å². The van der Waals surface area contributed by atoms with Crippen molar-refractivity contribution in [3.05, 3.63) is 53.1 Å². The molecule has 5 heteroatoms. The van der Waals surface area contributed by atoms with Gasteiger partial charge in [0.05, 0.1) is 11.6 Å². The zero-order valence-corrected chi connectivity index (χ0v) is 14.3. The third kappa shape index (κ3) is 2.73. The minimum absolute atomic E-state index is 0.156. The van der Waals surface area contributed by atoms with Crippen molar-refractivity contribution in [2.45, 2.75) is 38.8 Å². The molecule has 0 bridgehead atoms. The van der Waals surface area contributed by atoms with E-state index in [0.717, 1.165) is 29.9 Å². The molecule has 1 saturated carbocycles. The maximum absolute atomic E-state index is 13.1. The summed E-state index contributed by atoms with van der Waals surface area (Å²) in [6.07, 6.45) is 6.13. The first-order chi connectivity index (χ1) is 11.6. The van der Waals surface area contributed by atoms with E-state index in [0.29, 0.717) is 12.6 Å². The van der Waals surface area contributed by atoms with Crippen LogP contribution in [-0.2, 0) is 0 Å². The molecule has 2 aromatic rings. The highest BCUT2D eigenvalue weighted by molar-refractivity contribution is 5.96. The first-order valence-corrected chi connectivity index (χ1v) is 8.76. The predicted octanol–water partition coefficient (Wildman–Crippen LogP) is 2.62. The number of aromatic nitrogens is 2. The molecule has 0 spiro atoms. The molecule has 1 unspecified atom stereocenters. The van der Waals surface area contributed by atoms with Gasteiger partial charge in [-0.1, -0.05) is 6.07 Å². The molecule has 1 amide bonds. The molecule has 5 nitrogen and oxygen atoms in total. The lowest BCUT2D eigenvalue weighted by atomic mass is 10.1. The van der Waals surface area contributed by atoms with Crippen LogP contribution in [0.5, 0.6) is 0 Å². The molecule has 2 aliphatic rings. The zero-order valence-electron chi connectivity index (χ0n) is 14.3. The second-order valence-corrected chi connectivity index (χ2v) is 6.93. The van der Waals surface area contributed by atoms with Crippen LogP contribution in [0.4, 0.5) is 0 Å². The Morgan fingerprint density at radius 2 is 2.17 bits per heavy atom. The van der Waals surface area contributed by atoms with Crippen molar-refractivity contribution in [1.82, 2.24) is 19.8 Å². The number of amides is 1. The maximum atomic E-state index is 13.1. The van der Waals surface area contributed by atoms with Crippen molar-refractivity contribution in [3.8, 4) is 0 Å². The average Bonchev–Trinajstić information content (AvgIpc) is 3.40. The Kier molecular flexibility index (Phi) is 3.88. The van der Waals surface area contributed by atoms with Gasteiger partial charge in [-0.05, 0) is 44.4 Å². The number of nitrogens with zero attached hydrogens (tertiary/aromatic N) is 3. The van der Waals surface area contributed by atoms with E-state index >= 15 is 0 Å². The number of rotatable bonds is 3. The molecule has 0 radical (unpaired) electrons. The van der Waals surface area contributed by atoms with Crippen molar-refractivity contribution in [2.75, 3.05) is 19.6 Å². The molecule has 1 N–H and O–H groups in total. The Labute approximate surface area is 142 Å². The molecule has 3 heterocycles. The van der Waals surface area contributed by atoms with Crippen LogP contribution in [0.1, 0.15) is 52.2 Å². The number of carbonyl (C=O) groups is 1. The van der Waals surface area contributed by atoms with E-state index in [2.05, 4.69) is 40.8 Å². The second kappa shape index (κ2) is 6.06. The highest BCUT2D eigenvalue weighted by atomic mass is 16.2. The van der Waals surface area contributed by atoms with Gasteiger partial charge in [-0.15, -0.1) is 0 Å². The Hall–Kier alpha value is -2.14. The molecule has 1 aliphatic carbocycles. The lowest BCUT2D eigenvalue weighted by Crippen LogP contribution is -2.48. The van der Waals surface area contributed by atoms with Crippen LogP contribution < -0.4 is 5.32 Å². The summed E-state index contributed by atoms with van der Waals surface area (Å²) >= 11 is 0.